The summed E-state index contributed by atoms with van der Waals surface area (Å²) in [6.45, 7) is 6.22. The minimum atomic E-state index is -0.643. The fourth-order valence-electron chi connectivity index (χ4n) is 4.55. The van der Waals surface area contributed by atoms with Crippen molar-refractivity contribution in [2.45, 2.75) is 52.2 Å². The van der Waals surface area contributed by atoms with E-state index in [1.54, 1.807) is 28.9 Å². The van der Waals surface area contributed by atoms with E-state index >= 15 is 0 Å². The molecule has 7 heteroatoms. The average molecular weight is 492 g/mol. The van der Waals surface area contributed by atoms with E-state index in [0.29, 0.717) is 23.6 Å². The van der Waals surface area contributed by atoms with Gasteiger partial charge in [0.1, 0.15) is 6.04 Å². The molecule has 3 aromatic rings. The Morgan fingerprint density at radius 2 is 1.74 bits per heavy atom. The zero-order chi connectivity index (χ0) is 25.1. The van der Waals surface area contributed by atoms with Gasteiger partial charge in [-0.25, -0.2) is 0 Å². The summed E-state index contributed by atoms with van der Waals surface area (Å²) in [6.07, 6.45) is 0.704. The Morgan fingerprint density at radius 3 is 2.46 bits per heavy atom. The molecule has 1 atom stereocenters. The Morgan fingerprint density at radius 1 is 1.03 bits per heavy atom. The van der Waals surface area contributed by atoms with Crippen molar-refractivity contribution in [1.29, 1.82) is 0 Å². The predicted octanol–water partition coefficient (Wildman–Crippen LogP) is 5.18. The second kappa shape index (κ2) is 10.5. The van der Waals surface area contributed by atoms with Crippen LogP contribution in [0.4, 0.5) is 5.69 Å². The SMILES string of the molecule is CC(C)NC(=O)C(C)N(Cc1cccc(Cl)c1)C(=O)CCCN1C(=O)c2cccc3cccc1c23. The fraction of sp³-hybridized carbons (Fsp3) is 0.321. The van der Waals surface area contributed by atoms with Gasteiger partial charge in [0.2, 0.25) is 11.8 Å². The molecule has 6 nitrogen and oxygen atoms in total. The van der Waals surface area contributed by atoms with Gasteiger partial charge in [-0.1, -0.05) is 48.0 Å². The summed E-state index contributed by atoms with van der Waals surface area (Å²) in [4.78, 5) is 42.4. The first kappa shape index (κ1) is 24.7. The predicted molar refractivity (Wildman–Crippen MR) is 140 cm³/mol. The molecule has 0 saturated carbocycles. The molecule has 1 heterocycles. The summed E-state index contributed by atoms with van der Waals surface area (Å²) in [5.41, 5.74) is 2.44. The molecular weight excluding hydrogens is 462 g/mol. The largest absolute Gasteiger partial charge is 0.352 e. The molecule has 0 aromatic heterocycles. The number of amides is 3. The van der Waals surface area contributed by atoms with E-state index in [1.807, 2.05) is 62.4 Å². The number of anilines is 1. The number of halogens is 1. The lowest BCUT2D eigenvalue weighted by Crippen LogP contribution is -2.49. The van der Waals surface area contributed by atoms with Crippen molar-refractivity contribution in [2.75, 3.05) is 11.4 Å². The van der Waals surface area contributed by atoms with Crippen LogP contribution < -0.4 is 10.2 Å². The summed E-state index contributed by atoms with van der Waals surface area (Å²) in [5, 5.41) is 5.47. The van der Waals surface area contributed by atoms with Crippen molar-refractivity contribution in [2.24, 2.45) is 0 Å². The molecule has 35 heavy (non-hydrogen) atoms. The smallest absolute Gasteiger partial charge is 0.258 e. The molecule has 4 rings (SSSR count). The lowest BCUT2D eigenvalue weighted by atomic mass is 10.1. The maximum atomic E-state index is 13.3. The van der Waals surface area contributed by atoms with Crippen LogP contribution in [0, 0.1) is 0 Å². The highest BCUT2D eigenvalue weighted by Crippen LogP contribution is 2.37. The van der Waals surface area contributed by atoms with Crippen LogP contribution in [0.15, 0.2) is 60.7 Å². The van der Waals surface area contributed by atoms with Crippen LogP contribution in [0.2, 0.25) is 5.02 Å². The molecule has 0 saturated heterocycles. The average Bonchev–Trinajstić information content (AvgIpc) is 3.10. The second-order valence-corrected chi connectivity index (χ2v) is 9.67. The van der Waals surface area contributed by atoms with E-state index in [0.717, 1.165) is 22.0 Å². The Balaban J connectivity index is 1.46. The highest BCUT2D eigenvalue weighted by Gasteiger charge is 2.30. The molecule has 0 radical (unpaired) electrons. The monoisotopic (exact) mass is 491 g/mol. The zero-order valence-corrected chi connectivity index (χ0v) is 21.0. The Bertz CT molecular complexity index is 1270. The summed E-state index contributed by atoms with van der Waals surface area (Å²) in [6, 6.07) is 18.3. The fourth-order valence-corrected chi connectivity index (χ4v) is 4.77. The zero-order valence-electron chi connectivity index (χ0n) is 20.3. The van der Waals surface area contributed by atoms with Gasteiger partial charge < -0.3 is 15.1 Å². The van der Waals surface area contributed by atoms with Gasteiger partial charge in [0.05, 0.1) is 5.69 Å². The number of nitrogens with zero attached hydrogens (tertiary/aromatic N) is 2. The van der Waals surface area contributed by atoms with Crippen LogP contribution in [0.5, 0.6) is 0 Å². The van der Waals surface area contributed by atoms with Gasteiger partial charge in [0, 0.05) is 41.5 Å². The minimum absolute atomic E-state index is 0.0291. The molecule has 182 valence electrons. The summed E-state index contributed by atoms with van der Waals surface area (Å²) in [5.74, 6) is -0.379. The van der Waals surface area contributed by atoms with Gasteiger partial charge in [0.15, 0.2) is 0 Å². The quantitative estimate of drug-likeness (QED) is 0.448. The van der Waals surface area contributed by atoms with Gasteiger partial charge in [-0.3, -0.25) is 14.4 Å². The molecule has 0 fully saturated rings. The molecule has 0 aliphatic carbocycles. The number of hydrogen-bond acceptors (Lipinski definition) is 3. The maximum Gasteiger partial charge on any atom is 0.258 e. The molecule has 0 bridgehead atoms. The van der Waals surface area contributed by atoms with E-state index in [4.69, 9.17) is 11.6 Å². The van der Waals surface area contributed by atoms with Crippen molar-refractivity contribution < 1.29 is 14.4 Å². The lowest BCUT2D eigenvalue weighted by Gasteiger charge is -2.30. The minimum Gasteiger partial charge on any atom is -0.352 e. The lowest BCUT2D eigenvalue weighted by molar-refractivity contribution is -0.140. The number of benzene rings is 3. The molecule has 0 spiro atoms. The second-order valence-electron chi connectivity index (χ2n) is 9.23. The van der Waals surface area contributed by atoms with Gasteiger partial charge in [-0.2, -0.15) is 0 Å². The molecular formula is C28H30ClN3O3. The van der Waals surface area contributed by atoms with Crippen LogP contribution in [-0.2, 0) is 16.1 Å². The standard InChI is InChI=1S/C28H30ClN3O3/c1-18(2)30-27(34)19(3)32(17-20-8-4-11-22(29)16-20)25(33)14-7-15-31-24-13-6-10-21-9-5-12-23(26(21)24)28(31)35/h4-6,8-13,16,18-19H,7,14-15,17H2,1-3H3,(H,30,34). The number of carbonyl (C=O) groups is 3. The van der Waals surface area contributed by atoms with E-state index < -0.39 is 6.04 Å². The topological polar surface area (TPSA) is 69.7 Å². The summed E-state index contributed by atoms with van der Waals surface area (Å²) >= 11 is 6.14. The van der Waals surface area contributed by atoms with Crippen molar-refractivity contribution in [3.05, 3.63) is 76.8 Å². The van der Waals surface area contributed by atoms with Crippen molar-refractivity contribution >= 4 is 45.8 Å². The normalized spacial score (nSPS) is 13.4. The van der Waals surface area contributed by atoms with Crippen molar-refractivity contribution in [3.8, 4) is 0 Å². The van der Waals surface area contributed by atoms with Crippen LogP contribution in [0.3, 0.4) is 0 Å². The first-order chi connectivity index (χ1) is 16.8. The van der Waals surface area contributed by atoms with Crippen LogP contribution >= 0.6 is 11.6 Å². The number of nitrogens with one attached hydrogen (secondary N) is 1. The van der Waals surface area contributed by atoms with Gasteiger partial charge in [0.25, 0.3) is 5.91 Å². The Labute approximate surface area is 210 Å². The highest BCUT2D eigenvalue weighted by molar-refractivity contribution is 6.30. The number of hydrogen-bond donors (Lipinski definition) is 1. The maximum absolute atomic E-state index is 13.3. The van der Waals surface area contributed by atoms with Crippen molar-refractivity contribution in [1.82, 2.24) is 10.2 Å². The third-order valence-electron chi connectivity index (χ3n) is 6.26. The van der Waals surface area contributed by atoms with E-state index in [-0.39, 0.29) is 36.7 Å². The molecule has 3 aromatic carbocycles. The highest BCUT2D eigenvalue weighted by atomic mass is 35.5. The summed E-state index contributed by atoms with van der Waals surface area (Å²) < 4.78 is 0. The number of carbonyl (C=O) groups excluding carboxylic acids is 3. The van der Waals surface area contributed by atoms with Gasteiger partial charge in [-0.15, -0.1) is 0 Å². The molecule has 1 aliphatic heterocycles. The first-order valence-electron chi connectivity index (χ1n) is 11.9. The molecule has 1 N–H and O–H groups in total. The van der Waals surface area contributed by atoms with Gasteiger partial charge in [-0.05, 0) is 62.4 Å². The van der Waals surface area contributed by atoms with Crippen LogP contribution in [0.1, 0.15) is 49.5 Å². The number of rotatable bonds is 9. The Kier molecular flexibility index (Phi) is 7.41. The summed E-state index contributed by atoms with van der Waals surface area (Å²) in [7, 11) is 0. The van der Waals surface area contributed by atoms with E-state index in [9.17, 15) is 14.4 Å². The van der Waals surface area contributed by atoms with Gasteiger partial charge >= 0.3 is 0 Å². The molecule has 1 aliphatic rings. The molecule has 3 amide bonds. The van der Waals surface area contributed by atoms with Crippen LogP contribution in [-0.4, -0.2) is 41.2 Å². The third-order valence-corrected chi connectivity index (χ3v) is 6.50. The Hall–Kier alpha value is -3.38. The van der Waals surface area contributed by atoms with E-state index in [2.05, 4.69) is 5.32 Å². The van der Waals surface area contributed by atoms with Crippen LogP contribution in [0.25, 0.3) is 10.8 Å². The van der Waals surface area contributed by atoms with Crippen molar-refractivity contribution in [3.63, 3.8) is 0 Å². The first-order valence-corrected chi connectivity index (χ1v) is 12.3. The molecule has 1 unspecified atom stereocenters. The third kappa shape index (κ3) is 5.33. The van der Waals surface area contributed by atoms with E-state index in [1.165, 1.54) is 0 Å².